The van der Waals surface area contributed by atoms with Crippen LogP contribution in [-0.2, 0) is 0 Å². The second-order valence-corrected chi connectivity index (χ2v) is 8.07. The number of aryl methyl sites for hydroxylation is 2. The van der Waals surface area contributed by atoms with Crippen LogP contribution in [0.25, 0.3) is 10.2 Å². The van der Waals surface area contributed by atoms with Crippen LogP contribution in [0.4, 0.5) is 5.13 Å². The number of hydrogen-bond donors (Lipinski definition) is 0. The van der Waals surface area contributed by atoms with Crippen LogP contribution in [0.15, 0.2) is 36.4 Å². The third-order valence-electron chi connectivity index (χ3n) is 4.82. The Morgan fingerprint density at radius 1 is 1.04 bits per heavy atom. The zero-order valence-corrected chi connectivity index (χ0v) is 16.4. The Bertz CT molecular complexity index is 920. The van der Waals surface area contributed by atoms with E-state index >= 15 is 0 Å². The van der Waals surface area contributed by atoms with Gasteiger partial charge in [0, 0.05) is 31.7 Å². The molecule has 6 heteroatoms. The second kappa shape index (κ2) is 6.89. The fourth-order valence-electron chi connectivity index (χ4n) is 3.21. The number of anilines is 1. The molecular weight excluding hydrogens is 366 g/mol. The van der Waals surface area contributed by atoms with Crippen molar-refractivity contribution in [2.24, 2.45) is 0 Å². The van der Waals surface area contributed by atoms with E-state index in [2.05, 4.69) is 11.8 Å². The van der Waals surface area contributed by atoms with E-state index in [1.807, 2.05) is 48.2 Å². The molecule has 4 nitrogen and oxygen atoms in total. The quantitative estimate of drug-likeness (QED) is 0.650. The predicted octanol–water partition coefficient (Wildman–Crippen LogP) is 4.53. The summed E-state index contributed by atoms with van der Waals surface area (Å²) in [4.78, 5) is 21.6. The first-order valence-electron chi connectivity index (χ1n) is 8.69. The fraction of sp³-hybridized carbons (Fsp3) is 0.300. The molecule has 0 N–H and O–H groups in total. The highest BCUT2D eigenvalue weighted by molar-refractivity contribution is 7.22. The Morgan fingerprint density at radius 2 is 1.73 bits per heavy atom. The van der Waals surface area contributed by atoms with E-state index in [9.17, 15) is 4.79 Å². The number of piperazine rings is 1. The van der Waals surface area contributed by atoms with Gasteiger partial charge in [-0.2, -0.15) is 0 Å². The molecule has 0 aliphatic carbocycles. The first-order valence-corrected chi connectivity index (χ1v) is 9.89. The van der Waals surface area contributed by atoms with E-state index in [4.69, 9.17) is 16.6 Å². The van der Waals surface area contributed by atoms with Gasteiger partial charge in [-0.3, -0.25) is 4.79 Å². The maximum Gasteiger partial charge on any atom is 0.253 e. The summed E-state index contributed by atoms with van der Waals surface area (Å²) in [5, 5.41) is 1.74. The summed E-state index contributed by atoms with van der Waals surface area (Å²) in [6, 6.07) is 11.7. The van der Waals surface area contributed by atoms with Crippen LogP contribution in [0, 0.1) is 13.8 Å². The standard InChI is InChI=1S/C20H20ClN3OS/c1-13-3-6-15(7-4-13)19(25)23-9-11-24(12-10-23)20-22-17-14(2)5-8-16(21)18(17)26-20/h3-8H,9-12H2,1-2H3. The van der Waals surface area contributed by atoms with Crippen molar-refractivity contribution < 1.29 is 4.79 Å². The normalized spacial score (nSPS) is 14.9. The van der Waals surface area contributed by atoms with Crippen molar-refractivity contribution in [3.8, 4) is 0 Å². The van der Waals surface area contributed by atoms with Gasteiger partial charge in [0.05, 0.1) is 15.2 Å². The first kappa shape index (κ1) is 17.3. The van der Waals surface area contributed by atoms with Crippen LogP contribution >= 0.6 is 22.9 Å². The van der Waals surface area contributed by atoms with Crippen molar-refractivity contribution in [3.63, 3.8) is 0 Å². The Hall–Kier alpha value is -2.11. The average Bonchev–Trinajstić information content (AvgIpc) is 3.12. The van der Waals surface area contributed by atoms with E-state index in [0.717, 1.165) is 50.2 Å². The van der Waals surface area contributed by atoms with Crippen LogP contribution in [-0.4, -0.2) is 42.0 Å². The molecule has 2 aromatic carbocycles. The molecule has 1 aliphatic rings. The number of aromatic nitrogens is 1. The number of rotatable bonds is 2. The summed E-state index contributed by atoms with van der Waals surface area (Å²) in [7, 11) is 0. The summed E-state index contributed by atoms with van der Waals surface area (Å²) < 4.78 is 1.04. The number of benzene rings is 2. The van der Waals surface area contributed by atoms with E-state index < -0.39 is 0 Å². The molecule has 1 amide bonds. The molecule has 26 heavy (non-hydrogen) atoms. The molecule has 1 fully saturated rings. The Kier molecular flexibility index (Phi) is 4.59. The minimum absolute atomic E-state index is 0.104. The largest absolute Gasteiger partial charge is 0.345 e. The number of hydrogen-bond acceptors (Lipinski definition) is 4. The third kappa shape index (κ3) is 3.17. The SMILES string of the molecule is Cc1ccc(C(=O)N2CCN(c3nc4c(C)ccc(Cl)c4s3)CC2)cc1. The zero-order chi connectivity index (χ0) is 18.3. The van der Waals surface area contributed by atoms with Crippen molar-refractivity contribution in [2.75, 3.05) is 31.1 Å². The number of thiazole rings is 1. The number of nitrogens with zero attached hydrogens (tertiary/aromatic N) is 3. The fourth-order valence-corrected chi connectivity index (χ4v) is 4.57. The molecule has 0 radical (unpaired) electrons. The molecule has 1 aliphatic heterocycles. The van der Waals surface area contributed by atoms with Gasteiger partial charge in [0.15, 0.2) is 5.13 Å². The van der Waals surface area contributed by atoms with E-state index in [1.54, 1.807) is 11.3 Å². The smallest absolute Gasteiger partial charge is 0.253 e. The Morgan fingerprint density at radius 3 is 2.38 bits per heavy atom. The predicted molar refractivity (Wildman–Crippen MR) is 109 cm³/mol. The molecule has 1 aromatic heterocycles. The molecule has 0 spiro atoms. The lowest BCUT2D eigenvalue weighted by Gasteiger charge is -2.34. The second-order valence-electron chi connectivity index (χ2n) is 6.68. The van der Waals surface area contributed by atoms with E-state index in [-0.39, 0.29) is 5.91 Å². The minimum Gasteiger partial charge on any atom is -0.345 e. The van der Waals surface area contributed by atoms with Crippen LogP contribution < -0.4 is 4.90 Å². The number of carbonyl (C=O) groups excluding carboxylic acids is 1. The first-order chi connectivity index (χ1) is 12.5. The molecule has 0 bridgehead atoms. The highest BCUT2D eigenvalue weighted by Crippen LogP contribution is 2.35. The summed E-state index contributed by atoms with van der Waals surface area (Å²) in [6.45, 7) is 7.06. The van der Waals surface area contributed by atoms with Crippen molar-refractivity contribution >= 4 is 44.2 Å². The molecule has 0 saturated carbocycles. The highest BCUT2D eigenvalue weighted by Gasteiger charge is 2.24. The maximum atomic E-state index is 12.7. The van der Waals surface area contributed by atoms with Gasteiger partial charge in [0.1, 0.15) is 0 Å². The van der Waals surface area contributed by atoms with E-state index in [1.165, 1.54) is 0 Å². The van der Waals surface area contributed by atoms with Gasteiger partial charge in [-0.25, -0.2) is 4.98 Å². The summed E-state index contributed by atoms with van der Waals surface area (Å²) >= 11 is 7.96. The molecule has 2 heterocycles. The lowest BCUT2D eigenvalue weighted by Crippen LogP contribution is -2.48. The molecule has 0 atom stereocenters. The molecule has 1 saturated heterocycles. The van der Waals surface area contributed by atoms with Gasteiger partial charge in [0.25, 0.3) is 5.91 Å². The molecule has 3 aromatic rings. The van der Waals surface area contributed by atoms with Gasteiger partial charge in [-0.1, -0.05) is 46.7 Å². The molecule has 4 rings (SSSR count). The van der Waals surface area contributed by atoms with Crippen molar-refractivity contribution in [2.45, 2.75) is 13.8 Å². The summed E-state index contributed by atoms with van der Waals surface area (Å²) in [6.07, 6.45) is 0. The average molecular weight is 386 g/mol. The van der Waals surface area contributed by atoms with Crippen molar-refractivity contribution in [3.05, 3.63) is 58.1 Å². The number of fused-ring (bicyclic) bond motifs is 1. The molecular formula is C20H20ClN3OS. The number of amides is 1. The lowest BCUT2D eigenvalue weighted by molar-refractivity contribution is 0.0747. The number of carbonyl (C=O) groups is 1. The van der Waals surface area contributed by atoms with Crippen LogP contribution in [0.3, 0.4) is 0 Å². The number of halogens is 1. The van der Waals surface area contributed by atoms with Crippen molar-refractivity contribution in [1.29, 1.82) is 0 Å². The van der Waals surface area contributed by atoms with Crippen molar-refractivity contribution in [1.82, 2.24) is 9.88 Å². The summed E-state index contributed by atoms with van der Waals surface area (Å²) in [5.74, 6) is 0.104. The van der Waals surface area contributed by atoms with Gasteiger partial charge in [0.2, 0.25) is 0 Å². The Balaban J connectivity index is 1.48. The molecule has 0 unspecified atom stereocenters. The van der Waals surface area contributed by atoms with Crippen LogP contribution in [0.2, 0.25) is 5.02 Å². The maximum absolute atomic E-state index is 12.7. The Labute approximate surface area is 162 Å². The van der Waals surface area contributed by atoms with Gasteiger partial charge in [-0.05, 0) is 37.6 Å². The van der Waals surface area contributed by atoms with Gasteiger partial charge >= 0.3 is 0 Å². The lowest BCUT2D eigenvalue weighted by atomic mass is 10.1. The van der Waals surface area contributed by atoms with Crippen LogP contribution in [0.5, 0.6) is 0 Å². The minimum atomic E-state index is 0.104. The molecule has 134 valence electrons. The van der Waals surface area contributed by atoms with Gasteiger partial charge < -0.3 is 9.80 Å². The monoisotopic (exact) mass is 385 g/mol. The zero-order valence-electron chi connectivity index (χ0n) is 14.8. The van der Waals surface area contributed by atoms with Crippen LogP contribution in [0.1, 0.15) is 21.5 Å². The topological polar surface area (TPSA) is 36.4 Å². The third-order valence-corrected chi connectivity index (χ3v) is 6.40. The van der Waals surface area contributed by atoms with E-state index in [0.29, 0.717) is 13.1 Å². The van der Waals surface area contributed by atoms with Gasteiger partial charge in [-0.15, -0.1) is 0 Å². The highest BCUT2D eigenvalue weighted by atomic mass is 35.5. The summed E-state index contributed by atoms with van der Waals surface area (Å²) in [5.41, 5.74) is 4.04.